The summed E-state index contributed by atoms with van der Waals surface area (Å²) in [5, 5.41) is 5.29. The molecule has 0 bridgehead atoms. The van der Waals surface area contributed by atoms with Gasteiger partial charge in [0.2, 0.25) is 5.91 Å². The summed E-state index contributed by atoms with van der Waals surface area (Å²) in [6, 6.07) is 13.1. The number of hydrogen-bond acceptors (Lipinski definition) is 3. The van der Waals surface area contributed by atoms with E-state index in [9.17, 15) is 9.59 Å². The minimum Gasteiger partial charge on any atom is -0.484 e. The van der Waals surface area contributed by atoms with Crippen LogP contribution in [0.1, 0.15) is 16.7 Å². The molecule has 5 heteroatoms. The summed E-state index contributed by atoms with van der Waals surface area (Å²) in [7, 11) is 0. The average molecular weight is 326 g/mol. The molecule has 0 heterocycles. The van der Waals surface area contributed by atoms with Crippen LogP contribution >= 0.6 is 0 Å². The van der Waals surface area contributed by atoms with Gasteiger partial charge < -0.3 is 15.4 Å². The molecule has 2 amide bonds. The molecular formula is C19H22N2O3. The van der Waals surface area contributed by atoms with E-state index in [1.165, 1.54) is 0 Å². The number of amides is 2. The zero-order valence-corrected chi connectivity index (χ0v) is 14.2. The maximum Gasteiger partial charge on any atom is 0.258 e. The Hall–Kier alpha value is -2.82. The zero-order valence-electron chi connectivity index (χ0n) is 14.2. The van der Waals surface area contributed by atoms with E-state index < -0.39 is 0 Å². The second kappa shape index (κ2) is 8.15. The highest BCUT2D eigenvalue weighted by Crippen LogP contribution is 2.14. The Bertz CT molecular complexity index is 724. The molecule has 0 spiro atoms. The van der Waals surface area contributed by atoms with E-state index in [1.54, 1.807) is 12.1 Å². The van der Waals surface area contributed by atoms with E-state index in [4.69, 9.17) is 4.74 Å². The number of anilines is 1. The molecule has 5 nitrogen and oxygen atoms in total. The fourth-order valence-corrected chi connectivity index (χ4v) is 2.04. The Morgan fingerprint density at radius 1 is 0.917 bits per heavy atom. The number of benzene rings is 2. The lowest BCUT2D eigenvalue weighted by atomic mass is 10.1. The Morgan fingerprint density at radius 3 is 2.29 bits per heavy atom. The van der Waals surface area contributed by atoms with Gasteiger partial charge in [-0.1, -0.05) is 23.8 Å². The van der Waals surface area contributed by atoms with Crippen LogP contribution in [0.2, 0.25) is 0 Å². The lowest BCUT2D eigenvalue weighted by Gasteiger charge is -2.09. The van der Waals surface area contributed by atoms with Gasteiger partial charge in [-0.3, -0.25) is 9.59 Å². The Balaban J connectivity index is 1.73. The van der Waals surface area contributed by atoms with E-state index in [-0.39, 0.29) is 25.0 Å². The largest absolute Gasteiger partial charge is 0.484 e. The van der Waals surface area contributed by atoms with E-state index in [2.05, 4.69) is 10.6 Å². The van der Waals surface area contributed by atoms with Crippen molar-refractivity contribution in [2.75, 3.05) is 18.5 Å². The van der Waals surface area contributed by atoms with Crippen LogP contribution < -0.4 is 15.4 Å². The number of carbonyl (C=O) groups excluding carboxylic acids is 2. The molecule has 0 radical (unpaired) electrons. The lowest BCUT2D eigenvalue weighted by Crippen LogP contribution is -2.35. The first-order valence-electron chi connectivity index (χ1n) is 7.77. The number of aryl methyl sites for hydroxylation is 3. The first-order chi connectivity index (χ1) is 11.4. The summed E-state index contributed by atoms with van der Waals surface area (Å²) in [4.78, 5) is 23.6. The standard InChI is InChI=1S/C19H22N2O3/c1-13-4-8-17(9-5-13)24-12-19(23)20-11-18(22)21-16-7-6-14(2)15(3)10-16/h4-10H,11-12H2,1-3H3,(H,20,23)(H,21,22). The molecule has 0 aliphatic heterocycles. The van der Waals surface area contributed by atoms with Gasteiger partial charge in [-0.05, 0) is 56.2 Å². The van der Waals surface area contributed by atoms with Crippen LogP contribution in [0.5, 0.6) is 5.75 Å². The van der Waals surface area contributed by atoms with Crippen molar-refractivity contribution in [3.63, 3.8) is 0 Å². The van der Waals surface area contributed by atoms with Crippen molar-refractivity contribution >= 4 is 17.5 Å². The van der Waals surface area contributed by atoms with E-state index in [0.717, 1.165) is 16.7 Å². The molecule has 0 aromatic heterocycles. The SMILES string of the molecule is Cc1ccc(OCC(=O)NCC(=O)Nc2ccc(C)c(C)c2)cc1. The van der Waals surface area contributed by atoms with E-state index >= 15 is 0 Å². The molecule has 24 heavy (non-hydrogen) atoms. The fraction of sp³-hybridized carbons (Fsp3) is 0.263. The van der Waals surface area contributed by atoms with Crippen molar-refractivity contribution in [2.24, 2.45) is 0 Å². The van der Waals surface area contributed by atoms with Gasteiger partial charge in [-0.15, -0.1) is 0 Å². The predicted molar refractivity (Wildman–Crippen MR) is 94.2 cm³/mol. The monoisotopic (exact) mass is 326 g/mol. The molecular weight excluding hydrogens is 304 g/mol. The molecule has 0 fully saturated rings. The highest BCUT2D eigenvalue weighted by molar-refractivity contribution is 5.94. The second-order valence-electron chi connectivity index (χ2n) is 5.73. The molecule has 2 aromatic carbocycles. The smallest absolute Gasteiger partial charge is 0.258 e. The summed E-state index contributed by atoms with van der Waals surface area (Å²) in [5.41, 5.74) is 4.10. The molecule has 0 aliphatic carbocycles. The molecule has 2 aromatic rings. The van der Waals surface area contributed by atoms with Crippen molar-refractivity contribution in [3.8, 4) is 5.75 Å². The van der Waals surface area contributed by atoms with E-state index in [1.807, 2.05) is 51.1 Å². The summed E-state index contributed by atoms with van der Waals surface area (Å²) >= 11 is 0. The van der Waals surface area contributed by atoms with Gasteiger partial charge in [-0.2, -0.15) is 0 Å². The predicted octanol–water partition coefficient (Wildman–Crippen LogP) is 2.75. The van der Waals surface area contributed by atoms with Crippen LogP contribution in [-0.4, -0.2) is 25.0 Å². The van der Waals surface area contributed by atoms with Crippen LogP contribution in [0.3, 0.4) is 0 Å². The minimum absolute atomic E-state index is 0.0942. The quantitative estimate of drug-likeness (QED) is 0.858. The van der Waals surface area contributed by atoms with Gasteiger partial charge in [0.1, 0.15) is 5.75 Å². The van der Waals surface area contributed by atoms with Crippen LogP contribution in [0.25, 0.3) is 0 Å². The van der Waals surface area contributed by atoms with Gasteiger partial charge in [0.25, 0.3) is 5.91 Å². The Labute approximate surface area is 142 Å². The molecule has 2 N–H and O–H groups in total. The second-order valence-corrected chi connectivity index (χ2v) is 5.73. The van der Waals surface area contributed by atoms with Crippen molar-refractivity contribution in [1.29, 1.82) is 0 Å². The van der Waals surface area contributed by atoms with Crippen molar-refractivity contribution in [3.05, 3.63) is 59.2 Å². The third-order valence-electron chi connectivity index (χ3n) is 3.63. The molecule has 0 atom stereocenters. The minimum atomic E-state index is -0.342. The highest BCUT2D eigenvalue weighted by atomic mass is 16.5. The van der Waals surface area contributed by atoms with E-state index in [0.29, 0.717) is 11.4 Å². The van der Waals surface area contributed by atoms with Gasteiger partial charge in [0.15, 0.2) is 6.61 Å². The first-order valence-corrected chi connectivity index (χ1v) is 7.77. The lowest BCUT2D eigenvalue weighted by molar-refractivity contribution is -0.125. The number of nitrogens with one attached hydrogen (secondary N) is 2. The average Bonchev–Trinajstić information content (AvgIpc) is 2.56. The molecule has 2 rings (SSSR count). The molecule has 0 saturated heterocycles. The van der Waals surface area contributed by atoms with Crippen molar-refractivity contribution < 1.29 is 14.3 Å². The van der Waals surface area contributed by atoms with Gasteiger partial charge in [0, 0.05) is 5.69 Å². The van der Waals surface area contributed by atoms with Crippen LogP contribution in [0.4, 0.5) is 5.69 Å². The van der Waals surface area contributed by atoms with Gasteiger partial charge in [0.05, 0.1) is 6.54 Å². The summed E-state index contributed by atoms with van der Waals surface area (Å²) in [5.74, 6) is 0.00285. The zero-order chi connectivity index (χ0) is 17.5. The number of hydrogen-bond donors (Lipinski definition) is 2. The summed E-state index contributed by atoms with van der Waals surface area (Å²) in [6.45, 7) is 5.75. The summed E-state index contributed by atoms with van der Waals surface area (Å²) in [6.07, 6.45) is 0. The number of ether oxygens (including phenoxy) is 1. The Morgan fingerprint density at radius 2 is 1.62 bits per heavy atom. The Kier molecular flexibility index (Phi) is 5.95. The normalized spacial score (nSPS) is 10.1. The van der Waals surface area contributed by atoms with Crippen LogP contribution in [0, 0.1) is 20.8 Å². The van der Waals surface area contributed by atoms with Crippen molar-refractivity contribution in [2.45, 2.75) is 20.8 Å². The topological polar surface area (TPSA) is 67.4 Å². The molecule has 126 valence electrons. The number of rotatable bonds is 6. The third-order valence-corrected chi connectivity index (χ3v) is 3.63. The third kappa shape index (κ3) is 5.43. The molecule has 0 unspecified atom stereocenters. The molecule has 0 aliphatic rings. The number of carbonyl (C=O) groups is 2. The maximum absolute atomic E-state index is 11.9. The van der Waals surface area contributed by atoms with Crippen molar-refractivity contribution in [1.82, 2.24) is 5.32 Å². The maximum atomic E-state index is 11.9. The fourth-order valence-electron chi connectivity index (χ4n) is 2.04. The van der Waals surface area contributed by atoms with Crippen LogP contribution in [0.15, 0.2) is 42.5 Å². The summed E-state index contributed by atoms with van der Waals surface area (Å²) < 4.78 is 5.36. The van der Waals surface area contributed by atoms with Gasteiger partial charge >= 0.3 is 0 Å². The highest BCUT2D eigenvalue weighted by Gasteiger charge is 2.07. The van der Waals surface area contributed by atoms with Gasteiger partial charge in [-0.25, -0.2) is 0 Å². The van der Waals surface area contributed by atoms with Crippen LogP contribution in [-0.2, 0) is 9.59 Å². The first kappa shape index (κ1) is 17.5. The molecule has 0 saturated carbocycles.